The van der Waals surface area contributed by atoms with E-state index in [9.17, 15) is 8.42 Å². The van der Waals surface area contributed by atoms with Gasteiger partial charge in [0.05, 0.1) is 5.75 Å². The second-order valence-electron chi connectivity index (χ2n) is 5.06. The van der Waals surface area contributed by atoms with Crippen LogP contribution in [0.5, 0.6) is 0 Å². The molecule has 16 heavy (non-hydrogen) atoms. The summed E-state index contributed by atoms with van der Waals surface area (Å²) in [6.07, 6.45) is 5.54. The van der Waals surface area contributed by atoms with Crippen LogP contribution >= 0.6 is 0 Å². The molecular formula is C11H22N2O2S. The zero-order valence-electron chi connectivity index (χ0n) is 9.98. The Morgan fingerprint density at radius 1 is 1.31 bits per heavy atom. The van der Waals surface area contributed by atoms with E-state index in [1.54, 1.807) is 11.4 Å². The van der Waals surface area contributed by atoms with Gasteiger partial charge in [-0.2, -0.15) is 0 Å². The molecule has 1 unspecified atom stereocenters. The normalized spacial score (nSPS) is 27.2. The fraction of sp³-hybridized carbons (Fsp3) is 1.00. The molecule has 0 amide bonds. The standard InChI is InChI=1S/C11H22N2O2S/c1-13(11-5-7-12-9-11)16(14,15)8-6-10-3-2-4-10/h10-12H,2-9H2,1H3. The minimum absolute atomic E-state index is 0.173. The highest BCUT2D eigenvalue weighted by Crippen LogP contribution is 2.30. The molecule has 2 aliphatic rings. The summed E-state index contributed by atoms with van der Waals surface area (Å²) in [7, 11) is -1.29. The summed E-state index contributed by atoms with van der Waals surface area (Å²) in [6, 6.07) is 0.173. The molecule has 1 heterocycles. The molecule has 1 saturated carbocycles. The smallest absolute Gasteiger partial charge is 0.214 e. The van der Waals surface area contributed by atoms with E-state index in [0.717, 1.165) is 25.9 Å². The van der Waals surface area contributed by atoms with Gasteiger partial charge in [0.15, 0.2) is 0 Å². The summed E-state index contributed by atoms with van der Waals surface area (Å²) in [5, 5.41) is 3.21. The molecule has 2 rings (SSSR count). The molecule has 1 aliphatic carbocycles. The van der Waals surface area contributed by atoms with Gasteiger partial charge in [-0.1, -0.05) is 19.3 Å². The zero-order chi connectivity index (χ0) is 11.6. The molecule has 2 fully saturated rings. The molecule has 0 radical (unpaired) electrons. The summed E-state index contributed by atoms with van der Waals surface area (Å²) in [5.41, 5.74) is 0. The van der Waals surface area contributed by atoms with Crippen molar-refractivity contribution in [1.29, 1.82) is 0 Å². The van der Waals surface area contributed by atoms with Crippen molar-refractivity contribution >= 4 is 10.0 Å². The Balaban J connectivity index is 1.84. The average Bonchev–Trinajstić information content (AvgIpc) is 2.66. The van der Waals surface area contributed by atoms with Crippen LogP contribution in [-0.2, 0) is 10.0 Å². The first-order valence-electron chi connectivity index (χ1n) is 6.26. The summed E-state index contributed by atoms with van der Waals surface area (Å²) >= 11 is 0. The Kier molecular flexibility index (Phi) is 3.87. The second-order valence-corrected chi connectivity index (χ2v) is 7.21. The van der Waals surface area contributed by atoms with E-state index in [0.29, 0.717) is 11.7 Å². The fourth-order valence-electron chi connectivity index (χ4n) is 2.42. The lowest BCUT2D eigenvalue weighted by Crippen LogP contribution is -2.40. The average molecular weight is 246 g/mol. The van der Waals surface area contributed by atoms with Gasteiger partial charge < -0.3 is 5.32 Å². The number of sulfonamides is 1. The Labute approximate surface area is 98.4 Å². The van der Waals surface area contributed by atoms with Gasteiger partial charge in [0.1, 0.15) is 0 Å². The van der Waals surface area contributed by atoms with E-state index < -0.39 is 10.0 Å². The fourth-order valence-corrected chi connectivity index (χ4v) is 3.97. The number of hydrogen-bond acceptors (Lipinski definition) is 3. The number of nitrogens with zero attached hydrogens (tertiary/aromatic N) is 1. The molecule has 0 aromatic carbocycles. The highest BCUT2D eigenvalue weighted by molar-refractivity contribution is 7.89. The molecule has 4 nitrogen and oxygen atoms in total. The van der Waals surface area contributed by atoms with Crippen molar-refractivity contribution in [1.82, 2.24) is 9.62 Å². The molecule has 1 saturated heterocycles. The third-order valence-electron chi connectivity index (χ3n) is 4.00. The Morgan fingerprint density at radius 2 is 2.06 bits per heavy atom. The molecule has 0 spiro atoms. The van der Waals surface area contributed by atoms with Crippen molar-refractivity contribution in [3.63, 3.8) is 0 Å². The third kappa shape index (κ3) is 2.76. The minimum atomic E-state index is -3.02. The lowest BCUT2D eigenvalue weighted by molar-refractivity contribution is 0.304. The van der Waals surface area contributed by atoms with Crippen LogP contribution in [0.3, 0.4) is 0 Å². The van der Waals surface area contributed by atoms with Crippen LogP contribution in [0.15, 0.2) is 0 Å². The summed E-state index contributed by atoms with van der Waals surface area (Å²) in [6.45, 7) is 1.74. The van der Waals surface area contributed by atoms with Crippen molar-refractivity contribution in [3.8, 4) is 0 Å². The van der Waals surface area contributed by atoms with Gasteiger partial charge in [-0.15, -0.1) is 0 Å². The highest BCUT2D eigenvalue weighted by Gasteiger charge is 2.29. The van der Waals surface area contributed by atoms with Gasteiger partial charge in [0, 0.05) is 19.6 Å². The predicted molar refractivity (Wildman–Crippen MR) is 64.8 cm³/mol. The van der Waals surface area contributed by atoms with Crippen LogP contribution in [0, 0.1) is 5.92 Å². The maximum Gasteiger partial charge on any atom is 0.214 e. The number of hydrogen-bond donors (Lipinski definition) is 1. The van der Waals surface area contributed by atoms with Crippen LogP contribution in [0.25, 0.3) is 0 Å². The Hall–Kier alpha value is -0.130. The molecular weight excluding hydrogens is 224 g/mol. The molecule has 94 valence electrons. The summed E-state index contributed by atoms with van der Waals surface area (Å²) in [4.78, 5) is 0. The highest BCUT2D eigenvalue weighted by atomic mass is 32.2. The Morgan fingerprint density at radius 3 is 2.56 bits per heavy atom. The van der Waals surface area contributed by atoms with Crippen molar-refractivity contribution < 1.29 is 8.42 Å². The molecule has 1 aliphatic heterocycles. The molecule has 0 aromatic rings. The van der Waals surface area contributed by atoms with E-state index in [2.05, 4.69) is 5.32 Å². The maximum atomic E-state index is 12.1. The zero-order valence-corrected chi connectivity index (χ0v) is 10.8. The van der Waals surface area contributed by atoms with Crippen molar-refractivity contribution in [2.45, 2.75) is 38.1 Å². The van der Waals surface area contributed by atoms with Gasteiger partial charge in [-0.3, -0.25) is 0 Å². The monoisotopic (exact) mass is 246 g/mol. The first-order valence-corrected chi connectivity index (χ1v) is 7.87. The Bertz CT molecular complexity index is 319. The number of rotatable bonds is 5. The molecule has 1 N–H and O–H groups in total. The maximum absolute atomic E-state index is 12.1. The van der Waals surface area contributed by atoms with Gasteiger partial charge in [-0.25, -0.2) is 12.7 Å². The minimum Gasteiger partial charge on any atom is -0.315 e. The lowest BCUT2D eigenvalue weighted by atomic mass is 9.84. The lowest BCUT2D eigenvalue weighted by Gasteiger charge is -2.27. The van der Waals surface area contributed by atoms with Crippen molar-refractivity contribution in [2.24, 2.45) is 5.92 Å². The van der Waals surface area contributed by atoms with Gasteiger partial charge in [0.25, 0.3) is 0 Å². The van der Waals surface area contributed by atoms with Crippen LogP contribution in [0.1, 0.15) is 32.1 Å². The van der Waals surface area contributed by atoms with Gasteiger partial charge in [0.2, 0.25) is 10.0 Å². The van der Waals surface area contributed by atoms with E-state index in [-0.39, 0.29) is 6.04 Å². The van der Waals surface area contributed by atoms with E-state index in [4.69, 9.17) is 0 Å². The van der Waals surface area contributed by atoms with E-state index >= 15 is 0 Å². The molecule has 5 heteroatoms. The van der Waals surface area contributed by atoms with Crippen molar-refractivity contribution in [3.05, 3.63) is 0 Å². The molecule has 1 atom stereocenters. The SMILES string of the molecule is CN(C1CCNC1)S(=O)(=O)CCC1CCC1. The van der Waals surface area contributed by atoms with Gasteiger partial charge in [-0.05, 0) is 25.3 Å². The van der Waals surface area contributed by atoms with Crippen LogP contribution in [0.4, 0.5) is 0 Å². The third-order valence-corrected chi connectivity index (χ3v) is 5.92. The number of nitrogens with one attached hydrogen (secondary N) is 1. The van der Waals surface area contributed by atoms with Crippen molar-refractivity contribution in [2.75, 3.05) is 25.9 Å². The van der Waals surface area contributed by atoms with Crippen LogP contribution in [-0.4, -0.2) is 44.7 Å². The molecule has 0 aromatic heterocycles. The molecule has 0 bridgehead atoms. The van der Waals surface area contributed by atoms with E-state index in [1.807, 2.05) is 0 Å². The number of likely N-dealkylation sites (N-methyl/N-ethyl adjacent to an activating group) is 1. The second kappa shape index (κ2) is 5.02. The quantitative estimate of drug-likeness (QED) is 0.780. The first-order chi connectivity index (χ1) is 7.59. The van der Waals surface area contributed by atoms with Gasteiger partial charge >= 0.3 is 0 Å². The van der Waals surface area contributed by atoms with E-state index in [1.165, 1.54) is 19.3 Å². The van der Waals surface area contributed by atoms with Crippen LogP contribution < -0.4 is 5.32 Å². The van der Waals surface area contributed by atoms with Crippen LogP contribution in [0.2, 0.25) is 0 Å². The summed E-state index contributed by atoms with van der Waals surface area (Å²) in [5.74, 6) is 1.01. The first kappa shape index (κ1) is 12.3. The summed E-state index contributed by atoms with van der Waals surface area (Å²) < 4.78 is 25.7. The predicted octanol–water partition coefficient (Wildman–Crippen LogP) is 0.800. The largest absolute Gasteiger partial charge is 0.315 e. The topological polar surface area (TPSA) is 49.4 Å².